The van der Waals surface area contributed by atoms with Crippen LogP contribution in [0.25, 0.3) is 0 Å². The summed E-state index contributed by atoms with van der Waals surface area (Å²) >= 11 is 1.33. The second kappa shape index (κ2) is 4.04. The summed E-state index contributed by atoms with van der Waals surface area (Å²) in [6, 6.07) is 3.29. The van der Waals surface area contributed by atoms with Gasteiger partial charge < -0.3 is 5.11 Å². The predicted octanol–water partition coefficient (Wildman–Crippen LogP) is 2.50. The second-order valence-corrected chi connectivity index (χ2v) is 3.71. The van der Waals surface area contributed by atoms with E-state index in [4.69, 9.17) is 0 Å². The smallest absolute Gasteiger partial charge is 0.159 e. The van der Waals surface area contributed by atoms with Crippen molar-refractivity contribution in [2.45, 2.75) is 6.10 Å². The summed E-state index contributed by atoms with van der Waals surface area (Å²) in [6.45, 7) is 0. The number of halogens is 2. The highest BCUT2D eigenvalue weighted by atomic mass is 32.1. The van der Waals surface area contributed by atoms with Crippen LogP contribution in [0.1, 0.15) is 17.4 Å². The van der Waals surface area contributed by atoms with Crippen molar-refractivity contribution in [1.29, 1.82) is 0 Å². The molecule has 78 valence electrons. The first-order valence-electron chi connectivity index (χ1n) is 4.19. The van der Waals surface area contributed by atoms with Gasteiger partial charge in [-0.1, -0.05) is 6.07 Å². The van der Waals surface area contributed by atoms with E-state index < -0.39 is 17.7 Å². The molecule has 15 heavy (non-hydrogen) atoms. The van der Waals surface area contributed by atoms with Gasteiger partial charge >= 0.3 is 0 Å². The maximum Gasteiger partial charge on any atom is 0.159 e. The van der Waals surface area contributed by atoms with Gasteiger partial charge in [0.15, 0.2) is 11.6 Å². The van der Waals surface area contributed by atoms with Crippen LogP contribution in [0.15, 0.2) is 29.1 Å². The molecule has 1 aromatic carbocycles. The number of nitrogens with zero attached hydrogens (tertiary/aromatic N) is 1. The first-order chi connectivity index (χ1) is 7.18. The first-order valence-corrected chi connectivity index (χ1v) is 5.14. The van der Waals surface area contributed by atoms with E-state index in [0.29, 0.717) is 11.3 Å². The molecule has 2 rings (SSSR count). The van der Waals surface area contributed by atoms with Gasteiger partial charge in [0.1, 0.15) is 6.10 Å². The number of aliphatic hydroxyl groups excluding tert-OH is 1. The Morgan fingerprint density at radius 1 is 1.27 bits per heavy atom. The van der Waals surface area contributed by atoms with Gasteiger partial charge in [0.05, 0.1) is 11.2 Å². The zero-order valence-electron chi connectivity index (χ0n) is 7.52. The Hall–Kier alpha value is -1.33. The topological polar surface area (TPSA) is 33.1 Å². The van der Waals surface area contributed by atoms with E-state index in [-0.39, 0.29) is 0 Å². The maximum absolute atomic E-state index is 12.9. The standard InChI is InChI=1S/C10H7F2NOS/c11-7-2-1-6(3-8(7)12)10(14)9-4-15-5-13-9/h1-5,10,14H. The van der Waals surface area contributed by atoms with Crippen LogP contribution in [0.3, 0.4) is 0 Å². The number of aromatic nitrogens is 1. The van der Waals surface area contributed by atoms with Crippen molar-refractivity contribution in [3.05, 3.63) is 52.0 Å². The van der Waals surface area contributed by atoms with Crippen LogP contribution in [0.5, 0.6) is 0 Å². The van der Waals surface area contributed by atoms with Crippen LogP contribution in [-0.2, 0) is 0 Å². The van der Waals surface area contributed by atoms with E-state index in [1.165, 1.54) is 17.4 Å². The molecular weight excluding hydrogens is 220 g/mol. The molecule has 0 aliphatic carbocycles. The van der Waals surface area contributed by atoms with Gasteiger partial charge in [0.2, 0.25) is 0 Å². The molecule has 0 spiro atoms. The highest BCUT2D eigenvalue weighted by Gasteiger charge is 2.14. The highest BCUT2D eigenvalue weighted by molar-refractivity contribution is 7.07. The zero-order valence-corrected chi connectivity index (χ0v) is 8.34. The van der Waals surface area contributed by atoms with Crippen LogP contribution in [-0.4, -0.2) is 10.1 Å². The van der Waals surface area contributed by atoms with Gasteiger partial charge in [0, 0.05) is 5.38 Å². The third-order valence-electron chi connectivity index (χ3n) is 1.99. The summed E-state index contributed by atoms with van der Waals surface area (Å²) < 4.78 is 25.5. The molecular formula is C10H7F2NOS. The monoisotopic (exact) mass is 227 g/mol. The van der Waals surface area contributed by atoms with Crippen molar-refractivity contribution in [3.63, 3.8) is 0 Å². The normalized spacial score (nSPS) is 12.7. The fourth-order valence-electron chi connectivity index (χ4n) is 1.21. The number of thiazole rings is 1. The molecule has 0 bridgehead atoms. The van der Waals surface area contributed by atoms with Crippen LogP contribution in [0.4, 0.5) is 8.78 Å². The first kappa shape index (κ1) is 10.2. The summed E-state index contributed by atoms with van der Waals surface area (Å²) in [5.41, 5.74) is 2.30. The molecule has 0 aliphatic rings. The van der Waals surface area contributed by atoms with E-state index in [1.54, 1.807) is 10.9 Å². The summed E-state index contributed by atoms with van der Waals surface area (Å²) in [7, 11) is 0. The lowest BCUT2D eigenvalue weighted by atomic mass is 10.1. The number of aliphatic hydroxyl groups is 1. The van der Waals surface area contributed by atoms with Crippen LogP contribution in [0, 0.1) is 11.6 Å². The largest absolute Gasteiger partial charge is 0.382 e. The van der Waals surface area contributed by atoms with Gasteiger partial charge in [0.25, 0.3) is 0 Å². The van der Waals surface area contributed by atoms with Gasteiger partial charge in [-0.05, 0) is 17.7 Å². The van der Waals surface area contributed by atoms with E-state index in [9.17, 15) is 13.9 Å². The Labute approximate surface area is 88.8 Å². The molecule has 0 saturated carbocycles. The maximum atomic E-state index is 12.9. The minimum absolute atomic E-state index is 0.291. The average molecular weight is 227 g/mol. The third kappa shape index (κ3) is 2.03. The number of hydrogen-bond donors (Lipinski definition) is 1. The van der Waals surface area contributed by atoms with E-state index in [2.05, 4.69) is 4.98 Å². The Bertz CT molecular complexity index is 458. The summed E-state index contributed by atoms with van der Waals surface area (Å²) in [6.07, 6.45) is -1.01. The van der Waals surface area contributed by atoms with E-state index in [0.717, 1.165) is 12.1 Å². The van der Waals surface area contributed by atoms with Gasteiger partial charge in [-0.3, -0.25) is 0 Å². The lowest BCUT2D eigenvalue weighted by Gasteiger charge is -2.08. The minimum atomic E-state index is -1.01. The molecule has 1 N–H and O–H groups in total. The molecule has 1 unspecified atom stereocenters. The summed E-state index contributed by atoms with van der Waals surface area (Å²) in [5, 5.41) is 11.4. The number of hydrogen-bond acceptors (Lipinski definition) is 3. The molecule has 0 saturated heterocycles. The molecule has 2 nitrogen and oxygen atoms in total. The molecule has 0 fully saturated rings. The van der Waals surface area contributed by atoms with E-state index >= 15 is 0 Å². The van der Waals surface area contributed by atoms with Gasteiger partial charge in [-0.2, -0.15) is 0 Å². The molecule has 5 heteroatoms. The van der Waals surface area contributed by atoms with E-state index in [1.807, 2.05) is 0 Å². The number of rotatable bonds is 2. The van der Waals surface area contributed by atoms with Crippen molar-refractivity contribution in [2.75, 3.05) is 0 Å². The molecule has 0 radical (unpaired) electrons. The molecule has 1 heterocycles. The number of benzene rings is 1. The van der Waals surface area contributed by atoms with Gasteiger partial charge in [-0.25, -0.2) is 13.8 Å². The van der Waals surface area contributed by atoms with Crippen LogP contribution >= 0.6 is 11.3 Å². The molecule has 2 aromatic rings. The predicted molar refractivity (Wildman–Crippen MR) is 52.5 cm³/mol. The summed E-state index contributed by atoms with van der Waals surface area (Å²) in [4.78, 5) is 3.90. The Balaban J connectivity index is 2.34. The molecule has 0 aliphatic heterocycles. The lowest BCUT2D eigenvalue weighted by molar-refractivity contribution is 0.215. The minimum Gasteiger partial charge on any atom is -0.382 e. The summed E-state index contributed by atoms with van der Waals surface area (Å²) in [5.74, 6) is -1.90. The molecule has 0 amide bonds. The Morgan fingerprint density at radius 2 is 2.07 bits per heavy atom. The van der Waals surface area contributed by atoms with Crippen LogP contribution < -0.4 is 0 Å². The fraction of sp³-hybridized carbons (Fsp3) is 0.100. The fourth-order valence-corrected chi connectivity index (χ4v) is 1.78. The Morgan fingerprint density at radius 3 is 2.67 bits per heavy atom. The Kier molecular flexibility index (Phi) is 2.75. The van der Waals surface area contributed by atoms with Crippen molar-refractivity contribution in [1.82, 2.24) is 4.98 Å². The lowest BCUT2D eigenvalue weighted by Crippen LogP contribution is -2.01. The SMILES string of the molecule is OC(c1ccc(F)c(F)c1)c1cscn1. The molecule has 1 aromatic heterocycles. The quantitative estimate of drug-likeness (QED) is 0.855. The van der Waals surface area contributed by atoms with Crippen LogP contribution in [0.2, 0.25) is 0 Å². The zero-order chi connectivity index (χ0) is 10.8. The average Bonchev–Trinajstić information content (AvgIpc) is 2.74. The second-order valence-electron chi connectivity index (χ2n) is 2.99. The van der Waals surface area contributed by atoms with Crippen molar-refractivity contribution in [3.8, 4) is 0 Å². The van der Waals surface area contributed by atoms with Crippen molar-refractivity contribution in [2.24, 2.45) is 0 Å². The van der Waals surface area contributed by atoms with Crippen molar-refractivity contribution >= 4 is 11.3 Å². The van der Waals surface area contributed by atoms with Crippen molar-refractivity contribution < 1.29 is 13.9 Å². The highest BCUT2D eigenvalue weighted by Crippen LogP contribution is 2.22. The molecule has 1 atom stereocenters. The van der Waals surface area contributed by atoms with Gasteiger partial charge in [-0.15, -0.1) is 11.3 Å². The third-order valence-corrected chi connectivity index (χ3v) is 2.60.